The summed E-state index contributed by atoms with van der Waals surface area (Å²) in [6.07, 6.45) is 4.00. The third kappa shape index (κ3) is 2.69. The van der Waals surface area contributed by atoms with Crippen LogP contribution in [0.15, 0.2) is 12.1 Å². The number of anilines is 1. The molecule has 2 heterocycles. The Morgan fingerprint density at radius 2 is 2.25 bits per heavy atom. The van der Waals surface area contributed by atoms with Crippen LogP contribution in [0.4, 0.5) is 5.13 Å². The third-order valence-corrected chi connectivity index (χ3v) is 4.55. The van der Waals surface area contributed by atoms with Crippen molar-refractivity contribution in [2.45, 2.75) is 32.6 Å². The standard InChI is InChI=1S/C14H14ClN3OS/c1-2-9-6-8(7-12(15)16-9)13(19)18-14-17-10-4-3-5-11(10)20-14/h6-7H,2-5H2,1H3,(H,17,18,19). The summed E-state index contributed by atoms with van der Waals surface area (Å²) in [6, 6.07) is 3.35. The summed E-state index contributed by atoms with van der Waals surface area (Å²) in [5, 5.41) is 3.86. The SMILES string of the molecule is CCc1cc(C(=O)Nc2nc3c(s2)CCC3)cc(Cl)n1. The average Bonchev–Trinajstić information content (AvgIpc) is 2.98. The molecule has 0 spiro atoms. The van der Waals surface area contributed by atoms with Crippen LogP contribution in [0, 0.1) is 0 Å². The summed E-state index contributed by atoms with van der Waals surface area (Å²) in [6.45, 7) is 1.98. The molecule has 6 heteroatoms. The van der Waals surface area contributed by atoms with Crippen molar-refractivity contribution in [1.29, 1.82) is 0 Å². The van der Waals surface area contributed by atoms with E-state index in [0.29, 0.717) is 15.8 Å². The molecule has 0 aromatic carbocycles. The summed E-state index contributed by atoms with van der Waals surface area (Å²) in [7, 11) is 0. The molecular formula is C14H14ClN3OS. The summed E-state index contributed by atoms with van der Waals surface area (Å²) < 4.78 is 0. The van der Waals surface area contributed by atoms with Crippen molar-refractivity contribution in [3.8, 4) is 0 Å². The number of carbonyl (C=O) groups is 1. The van der Waals surface area contributed by atoms with Crippen molar-refractivity contribution < 1.29 is 4.79 Å². The van der Waals surface area contributed by atoms with Gasteiger partial charge in [-0.25, -0.2) is 9.97 Å². The molecule has 1 N–H and O–H groups in total. The van der Waals surface area contributed by atoms with Gasteiger partial charge in [0.15, 0.2) is 5.13 Å². The second-order valence-electron chi connectivity index (χ2n) is 4.72. The van der Waals surface area contributed by atoms with Crippen LogP contribution >= 0.6 is 22.9 Å². The maximum absolute atomic E-state index is 12.2. The lowest BCUT2D eigenvalue weighted by atomic mass is 10.2. The zero-order chi connectivity index (χ0) is 14.1. The third-order valence-electron chi connectivity index (χ3n) is 3.29. The number of pyridine rings is 1. The molecule has 0 atom stereocenters. The lowest BCUT2D eigenvalue weighted by Gasteiger charge is -2.04. The van der Waals surface area contributed by atoms with E-state index in [9.17, 15) is 4.79 Å². The monoisotopic (exact) mass is 307 g/mol. The zero-order valence-corrected chi connectivity index (χ0v) is 12.6. The van der Waals surface area contributed by atoms with E-state index in [1.807, 2.05) is 6.92 Å². The molecular weight excluding hydrogens is 294 g/mol. The summed E-state index contributed by atoms with van der Waals surface area (Å²) in [5.41, 5.74) is 2.47. The minimum Gasteiger partial charge on any atom is -0.298 e. The fourth-order valence-corrected chi connectivity index (χ4v) is 3.55. The van der Waals surface area contributed by atoms with Gasteiger partial charge in [0.05, 0.1) is 5.69 Å². The van der Waals surface area contributed by atoms with Gasteiger partial charge in [-0.1, -0.05) is 18.5 Å². The van der Waals surface area contributed by atoms with Crippen molar-refractivity contribution in [2.24, 2.45) is 0 Å². The number of nitrogens with one attached hydrogen (secondary N) is 1. The van der Waals surface area contributed by atoms with Crippen molar-refractivity contribution >= 4 is 34.0 Å². The van der Waals surface area contributed by atoms with Crippen molar-refractivity contribution in [1.82, 2.24) is 9.97 Å². The number of aryl methyl sites for hydroxylation is 3. The first-order chi connectivity index (χ1) is 9.65. The van der Waals surface area contributed by atoms with Crippen LogP contribution in [-0.2, 0) is 19.3 Å². The molecule has 0 radical (unpaired) electrons. The van der Waals surface area contributed by atoms with Gasteiger partial charge in [-0.15, -0.1) is 11.3 Å². The number of fused-ring (bicyclic) bond motifs is 1. The second-order valence-corrected chi connectivity index (χ2v) is 6.19. The van der Waals surface area contributed by atoms with Gasteiger partial charge >= 0.3 is 0 Å². The molecule has 104 valence electrons. The first-order valence-corrected chi connectivity index (χ1v) is 7.81. The fraction of sp³-hybridized carbons (Fsp3) is 0.357. The molecule has 2 aromatic heterocycles. The van der Waals surface area contributed by atoms with Crippen LogP contribution in [-0.4, -0.2) is 15.9 Å². The second kappa shape index (κ2) is 5.50. The quantitative estimate of drug-likeness (QED) is 0.883. The van der Waals surface area contributed by atoms with Crippen LogP contribution in [0.25, 0.3) is 0 Å². The number of nitrogens with zero attached hydrogens (tertiary/aromatic N) is 2. The number of carbonyl (C=O) groups excluding carboxylic acids is 1. The van der Waals surface area contributed by atoms with E-state index in [-0.39, 0.29) is 5.91 Å². The number of amides is 1. The van der Waals surface area contributed by atoms with Gasteiger partial charge in [-0.2, -0.15) is 0 Å². The van der Waals surface area contributed by atoms with E-state index in [2.05, 4.69) is 15.3 Å². The Bertz CT molecular complexity index is 647. The Labute approximate surface area is 126 Å². The smallest absolute Gasteiger partial charge is 0.257 e. The number of rotatable bonds is 3. The Hall–Kier alpha value is -1.46. The number of thiazole rings is 1. The number of hydrogen-bond acceptors (Lipinski definition) is 4. The molecule has 2 aromatic rings. The van der Waals surface area contributed by atoms with E-state index < -0.39 is 0 Å². The Morgan fingerprint density at radius 1 is 1.40 bits per heavy atom. The van der Waals surface area contributed by atoms with Crippen LogP contribution in [0.1, 0.15) is 40.0 Å². The molecule has 4 nitrogen and oxygen atoms in total. The van der Waals surface area contributed by atoms with E-state index >= 15 is 0 Å². The van der Waals surface area contributed by atoms with Crippen molar-refractivity contribution in [3.63, 3.8) is 0 Å². The van der Waals surface area contributed by atoms with E-state index in [4.69, 9.17) is 11.6 Å². The first-order valence-electron chi connectivity index (χ1n) is 6.62. The molecule has 0 aliphatic heterocycles. The molecule has 0 fully saturated rings. The van der Waals surface area contributed by atoms with Gasteiger partial charge in [-0.05, 0) is 37.8 Å². The number of aromatic nitrogens is 2. The van der Waals surface area contributed by atoms with E-state index in [0.717, 1.165) is 30.7 Å². The van der Waals surface area contributed by atoms with Crippen molar-refractivity contribution in [3.05, 3.63) is 39.1 Å². The highest BCUT2D eigenvalue weighted by atomic mass is 35.5. The number of hydrogen-bond donors (Lipinski definition) is 1. The van der Waals surface area contributed by atoms with Gasteiger partial charge in [0, 0.05) is 16.1 Å². The van der Waals surface area contributed by atoms with Crippen molar-refractivity contribution in [2.75, 3.05) is 5.32 Å². The molecule has 20 heavy (non-hydrogen) atoms. The predicted octanol–water partition coefficient (Wildman–Crippen LogP) is 3.49. The largest absolute Gasteiger partial charge is 0.298 e. The highest BCUT2D eigenvalue weighted by Gasteiger charge is 2.18. The maximum atomic E-state index is 12.2. The highest BCUT2D eigenvalue weighted by molar-refractivity contribution is 7.16. The van der Waals surface area contributed by atoms with Gasteiger partial charge in [0.25, 0.3) is 5.91 Å². The van der Waals surface area contributed by atoms with Gasteiger partial charge in [0.2, 0.25) is 0 Å². The molecule has 0 saturated heterocycles. The minimum absolute atomic E-state index is 0.184. The molecule has 0 unspecified atom stereocenters. The number of halogens is 1. The fourth-order valence-electron chi connectivity index (χ4n) is 2.28. The molecule has 0 saturated carbocycles. The molecule has 1 amide bonds. The normalized spacial score (nSPS) is 13.3. The van der Waals surface area contributed by atoms with Crippen LogP contribution in [0.2, 0.25) is 5.15 Å². The summed E-state index contributed by atoms with van der Waals surface area (Å²) in [4.78, 5) is 22.1. The summed E-state index contributed by atoms with van der Waals surface area (Å²) in [5.74, 6) is -0.184. The Morgan fingerprint density at radius 3 is 3.00 bits per heavy atom. The van der Waals surface area contributed by atoms with Gasteiger partial charge in [-0.3, -0.25) is 10.1 Å². The highest BCUT2D eigenvalue weighted by Crippen LogP contribution is 2.30. The van der Waals surface area contributed by atoms with Crippen LogP contribution in [0.3, 0.4) is 0 Å². The zero-order valence-electron chi connectivity index (χ0n) is 11.1. The average molecular weight is 308 g/mol. The van der Waals surface area contributed by atoms with Crippen LogP contribution < -0.4 is 5.32 Å². The predicted molar refractivity (Wildman–Crippen MR) is 80.7 cm³/mol. The molecule has 1 aliphatic carbocycles. The lowest BCUT2D eigenvalue weighted by Crippen LogP contribution is -2.12. The minimum atomic E-state index is -0.184. The van der Waals surface area contributed by atoms with E-state index in [1.165, 1.54) is 11.3 Å². The summed E-state index contributed by atoms with van der Waals surface area (Å²) >= 11 is 7.50. The molecule has 3 rings (SSSR count). The topological polar surface area (TPSA) is 54.9 Å². The van der Waals surface area contributed by atoms with E-state index in [1.54, 1.807) is 23.5 Å². The van der Waals surface area contributed by atoms with Gasteiger partial charge < -0.3 is 0 Å². The Kier molecular flexibility index (Phi) is 3.72. The lowest BCUT2D eigenvalue weighted by molar-refractivity contribution is 0.102. The van der Waals surface area contributed by atoms with Crippen LogP contribution in [0.5, 0.6) is 0 Å². The first kappa shape index (κ1) is 13.5. The molecule has 1 aliphatic rings. The van der Waals surface area contributed by atoms with Gasteiger partial charge in [0.1, 0.15) is 5.15 Å². The molecule has 0 bridgehead atoms. The maximum Gasteiger partial charge on any atom is 0.257 e. The Balaban J connectivity index is 1.80.